The molecule has 1 atom stereocenters. The van der Waals surface area contributed by atoms with Gasteiger partial charge in [0, 0.05) is 6.07 Å². The van der Waals surface area contributed by atoms with E-state index < -0.39 is 6.10 Å². The number of nitrogens with one attached hydrogen (secondary N) is 1. The van der Waals surface area contributed by atoms with Crippen LogP contribution in [0.25, 0.3) is 0 Å². The average Bonchev–Trinajstić information content (AvgIpc) is 2.59. The molecule has 2 aromatic rings. The highest BCUT2D eigenvalue weighted by Gasteiger charge is 2.13. The lowest BCUT2D eigenvalue weighted by Crippen LogP contribution is -2.38. The molecule has 0 fully saturated rings. The third-order valence-electron chi connectivity index (χ3n) is 3.14. The first-order chi connectivity index (χ1) is 11.2. The Hall–Kier alpha value is -2.69. The van der Waals surface area contributed by atoms with E-state index in [4.69, 9.17) is 14.2 Å². The summed E-state index contributed by atoms with van der Waals surface area (Å²) in [5.74, 6) is 1.93. The number of rotatable bonds is 8. The second kappa shape index (κ2) is 8.68. The number of carbonyl (C=O) groups is 1. The van der Waals surface area contributed by atoms with Crippen molar-refractivity contribution >= 4 is 5.91 Å². The van der Waals surface area contributed by atoms with Crippen molar-refractivity contribution in [3.63, 3.8) is 0 Å². The van der Waals surface area contributed by atoms with Crippen molar-refractivity contribution in [3.8, 4) is 17.2 Å². The maximum atomic E-state index is 11.9. The molecule has 0 heterocycles. The molecule has 0 saturated carbocycles. The Morgan fingerprint density at radius 3 is 2.48 bits per heavy atom. The first kappa shape index (κ1) is 16.7. The number of ether oxygens (including phenoxy) is 3. The summed E-state index contributed by atoms with van der Waals surface area (Å²) in [5, 5.41) is 2.78. The molecule has 23 heavy (non-hydrogen) atoms. The van der Waals surface area contributed by atoms with E-state index in [1.54, 1.807) is 20.1 Å². The number of benzene rings is 2. The van der Waals surface area contributed by atoms with Crippen LogP contribution in [0, 0.1) is 0 Å². The van der Waals surface area contributed by atoms with E-state index in [9.17, 15) is 4.79 Å². The average molecular weight is 315 g/mol. The molecule has 1 unspecified atom stereocenters. The molecule has 0 saturated heterocycles. The Kier molecular flexibility index (Phi) is 6.29. The quantitative estimate of drug-likeness (QED) is 0.761. The van der Waals surface area contributed by atoms with Gasteiger partial charge in [-0.05, 0) is 31.2 Å². The molecule has 0 aromatic heterocycles. The summed E-state index contributed by atoms with van der Waals surface area (Å²) in [6, 6.07) is 16.6. The molecule has 5 heteroatoms. The number of methoxy groups -OCH3 is 1. The molecule has 5 nitrogen and oxygen atoms in total. The first-order valence-electron chi connectivity index (χ1n) is 7.45. The van der Waals surface area contributed by atoms with E-state index in [0.717, 1.165) is 5.75 Å². The van der Waals surface area contributed by atoms with Crippen molar-refractivity contribution in [2.45, 2.75) is 13.0 Å². The Morgan fingerprint density at radius 2 is 1.74 bits per heavy atom. The zero-order valence-electron chi connectivity index (χ0n) is 13.3. The van der Waals surface area contributed by atoms with Crippen molar-refractivity contribution in [2.75, 3.05) is 20.3 Å². The summed E-state index contributed by atoms with van der Waals surface area (Å²) in [6.45, 7) is 2.49. The number of amides is 1. The van der Waals surface area contributed by atoms with Crippen molar-refractivity contribution in [1.82, 2.24) is 5.32 Å². The molecule has 0 aliphatic rings. The van der Waals surface area contributed by atoms with Crippen molar-refractivity contribution in [1.29, 1.82) is 0 Å². The third-order valence-corrected chi connectivity index (χ3v) is 3.14. The lowest BCUT2D eigenvalue weighted by molar-refractivity contribution is -0.127. The van der Waals surface area contributed by atoms with Crippen LogP contribution in [0.4, 0.5) is 0 Å². The fraction of sp³-hybridized carbons (Fsp3) is 0.278. The summed E-state index contributed by atoms with van der Waals surface area (Å²) in [7, 11) is 1.60. The lowest BCUT2D eigenvalue weighted by Gasteiger charge is -2.15. The maximum Gasteiger partial charge on any atom is 0.260 e. The van der Waals surface area contributed by atoms with Crippen LogP contribution in [0.2, 0.25) is 0 Å². The summed E-state index contributed by atoms with van der Waals surface area (Å²) in [6.07, 6.45) is -0.561. The van der Waals surface area contributed by atoms with Crippen LogP contribution in [0.3, 0.4) is 0 Å². The van der Waals surface area contributed by atoms with Gasteiger partial charge < -0.3 is 19.5 Å². The van der Waals surface area contributed by atoms with Crippen LogP contribution in [0.15, 0.2) is 54.6 Å². The van der Waals surface area contributed by atoms with Gasteiger partial charge in [-0.1, -0.05) is 24.3 Å². The fourth-order valence-corrected chi connectivity index (χ4v) is 1.93. The fourth-order valence-electron chi connectivity index (χ4n) is 1.93. The number of carbonyl (C=O) groups excluding carboxylic acids is 1. The van der Waals surface area contributed by atoms with Crippen LogP contribution >= 0.6 is 0 Å². The van der Waals surface area contributed by atoms with Crippen molar-refractivity contribution < 1.29 is 19.0 Å². The molecule has 2 rings (SSSR count). The Balaban J connectivity index is 1.69. The molecule has 2 aromatic carbocycles. The van der Waals surface area contributed by atoms with E-state index in [1.807, 2.05) is 48.5 Å². The van der Waals surface area contributed by atoms with Crippen LogP contribution in [-0.2, 0) is 4.79 Å². The molecule has 0 radical (unpaired) electrons. The molecule has 122 valence electrons. The standard InChI is InChI=1S/C18H21NO4/c1-14(23-15-7-4-3-5-8-15)18(20)19-11-12-22-17-10-6-9-16(13-17)21-2/h3-10,13-14H,11-12H2,1-2H3,(H,19,20). The second-order valence-electron chi connectivity index (χ2n) is 4.89. The van der Waals surface area contributed by atoms with Crippen molar-refractivity contribution in [2.24, 2.45) is 0 Å². The highest BCUT2D eigenvalue weighted by Crippen LogP contribution is 2.18. The van der Waals surface area contributed by atoms with Gasteiger partial charge in [-0.3, -0.25) is 4.79 Å². The summed E-state index contributed by atoms with van der Waals surface area (Å²) >= 11 is 0. The van der Waals surface area contributed by atoms with Crippen molar-refractivity contribution in [3.05, 3.63) is 54.6 Å². The van der Waals surface area contributed by atoms with Gasteiger partial charge in [0.1, 0.15) is 23.9 Å². The molecule has 0 spiro atoms. The molecule has 0 aliphatic heterocycles. The minimum Gasteiger partial charge on any atom is -0.497 e. The summed E-state index contributed by atoms with van der Waals surface area (Å²) < 4.78 is 16.2. The molecule has 1 N–H and O–H groups in total. The Labute approximate surface area is 136 Å². The van der Waals surface area contributed by atoms with Gasteiger partial charge in [-0.2, -0.15) is 0 Å². The monoisotopic (exact) mass is 315 g/mol. The molecule has 0 bridgehead atoms. The predicted molar refractivity (Wildman–Crippen MR) is 88.0 cm³/mol. The van der Waals surface area contributed by atoms with Gasteiger partial charge in [-0.25, -0.2) is 0 Å². The molecule has 1 amide bonds. The highest BCUT2D eigenvalue weighted by atomic mass is 16.5. The number of hydrogen-bond acceptors (Lipinski definition) is 4. The smallest absolute Gasteiger partial charge is 0.260 e. The predicted octanol–water partition coefficient (Wildman–Crippen LogP) is 2.66. The zero-order valence-corrected chi connectivity index (χ0v) is 13.3. The van der Waals surface area contributed by atoms with Gasteiger partial charge >= 0.3 is 0 Å². The van der Waals surface area contributed by atoms with E-state index >= 15 is 0 Å². The van der Waals surface area contributed by atoms with Crippen LogP contribution in [-0.4, -0.2) is 32.3 Å². The third kappa shape index (κ3) is 5.54. The molecular weight excluding hydrogens is 294 g/mol. The Morgan fingerprint density at radius 1 is 1.04 bits per heavy atom. The largest absolute Gasteiger partial charge is 0.497 e. The van der Waals surface area contributed by atoms with E-state index in [2.05, 4.69) is 5.32 Å². The van der Waals surface area contributed by atoms with Gasteiger partial charge in [0.2, 0.25) is 0 Å². The van der Waals surface area contributed by atoms with Gasteiger partial charge in [0.25, 0.3) is 5.91 Å². The van der Waals surface area contributed by atoms with Gasteiger partial charge in [0.15, 0.2) is 6.10 Å². The molecule has 0 aliphatic carbocycles. The minimum absolute atomic E-state index is 0.178. The molecular formula is C18H21NO4. The number of para-hydroxylation sites is 1. The van der Waals surface area contributed by atoms with E-state index in [-0.39, 0.29) is 5.91 Å². The summed E-state index contributed by atoms with van der Waals surface area (Å²) in [5.41, 5.74) is 0. The SMILES string of the molecule is COc1cccc(OCCNC(=O)C(C)Oc2ccccc2)c1. The minimum atomic E-state index is -0.561. The van der Waals surface area contributed by atoms with Crippen LogP contribution in [0.1, 0.15) is 6.92 Å². The van der Waals surface area contributed by atoms with Crippen LogP contribution < -0.4 is 19.5 Å². The topological polar surface area (TPSA) is 56.8 Å². The normalized spacial score (nSPS) is 11.4. The van der Waals surface area contributed by atoms with Gasteiger partial charge in [-0.15, -0.1) is 0 Å². The number of hydrogen-bond donors (Lipinski definition) is 1. The first-order valence-corrected chi connectivity index (χ1v) is 7.45. The van der Waals surface area contributed by atoms with Gasteiger partial charge in [0.05, 0.1) is 13.7 Å². The zero-order chi connectivity index (χ0) is 16.5. The van der Waals surface area contributed by atoms with Crippen LogP contribution in [0.5, 0.6) is 17.2 Å². The maximum absolute atomic E-state index is 11.9. The highest BCUT2D eigenvalue weighted by molar-refractivity contribution is 5.80. The van der Waals surface area contributed by atoms with E-state index in [1.165, 1.54) is 0 Å². The van der Waals surface area contributed by atoms with E-state index in [0.29, 0.717) is 24.7 Å². The second-order valence-corrected chi connectivity index (χ2v) is 4.89. The summed E-state index contributed by atoms with van der Waals surface area (Å²) in [4.78, 5) is 11.9. The lowest BCUT2D eigenvalue weighted by atomic mass is 10.3. The Bertz CT molecular complexity index is 615.